The molecule has 0 spiro atoms. The van der Waals surface area contributed by atoms with Gasteiger partial charge in [0.15, 0.2) is 0 Å². The number of carbonyl (C=O) groups is 2. The number of carbonyl (C=O) groups excluding carboxylic acids is 2. The Morgan fingerprint density at radius 2 is 1.80 bits per heavy atom. The fourth-order valence-electron chi connectivity index (χ4n) is 3.54. The number of nitro benzene ring substituents is 1. The molecule has 8 heteroatoms. The maximum absolute atomic E-state index is 12.9. The van der Waals surface area contributed by atoms with Crippen LogP contribution in [0.15, 0.2) is 59.6 Å². The van der Waals surface area contributed by atoms with Crippen molar-refractivity contribution in [3.05, 3.63) is 80.9 Å². The number of hydrogen-bond donors (Lipinski definition) is 0. The maximum Gasteiger partial charge on any atom is 0.293 e. The summed E-state index contributed by atoms with van der Waals surface area (Å²) in [5.41, 5.74) is 2.12. The van der Waals surface area contributed by atoms with Gasteiger partial charge in [-0.05, 0) is 37.8 Å². The van der Waals surface area contributed by atoms with Crippen LogP contribution in [0.1, 0.15) is 31.0 Å². The van der Waals surface area contributed by atoms with Crippen LogP contribution in [-0.2, 0) is 11.3 Å². The van der Waals surface area contributed by atoms with Crippen molar-refractivity contribution < 1.29 is 14.5 Å². The molecule has 1 saturated heterocycles. The number of rotatable bonds is 5. The number of nitro groups is 1. The van der Waals surface area contributed by atoms with Crippen molar-refractivity contribution in [2.24, 2.45) is 0 Å². The van der Waals surface area contributed by atoms with Crippen LogP contribution in [0.3, 0.4) is 0 Å². The second-order valence-corrected chi connectivity index (χ2v) is 8.25. The molecule has 1 aliphatic rings. The van der Waals surface area contributed by atoms with E-state index in [0.29, 0.717) is 10.5 Å². The van der Waals surface area contributed by atoms with Crippen LogP contribution in [0, 0.1) is 10.1 Å². The molecular weight excluding hydrogens is 402 g/mol. The van der Waals surface area contributed by atoms with Crippen molar-refractivity contribution in [2.75, 3.05) is 0 Å². The molecule has 1 aliphatic heterocycles. The highest BCUT2D eigenvalue weighted by molar-refractivity contribution is 8.18. The third kappa shape index (κ3) is 3.50. The summed E-state index contributed by atoms with van der Waals surface area (Å²) in [4.78, 5) is 37.5. The molecule has 4 rings (SSSR count). The fraction of sp³-hybridized carbons (Fsp3) is 0.182. The van der Waals surface area contributed by atoms with Gasteiger partial charge in [-0.25, -0.2) is 0 Å². The van der Waals surface area contributed by atoms with Crippen molar-refractivity contribution in [2.45, 2.75) is 26.4 Å². The summed E-state index contributed by atoms with van der Waals surface area (Å²) in [7, 11) is 0. The third-order valence-electron chi connectivity index (χ3n) is 5.00. The van der Waals surface area contributed by atoms with E-state index in [-0.39, 0.29) is 18.3 Å². The zero-order chi connectivity index (χ0) is 21.4. The SMILES string of the molecule is CC(C)n1cc(/C=C2\SC(=O)N(Cc3ccccc3[N+](=O)[O-])C2=O)c2ccccc21. The predicted octanol–water partition coefficient (Wildman–Crippen LogP) is 5.37. The van der Waals surface area contributed by atoms with E-state index >= 15 is 0 Å². The average Bonchev–Trinajstić information content (AvgIpc) is 3.21. The quantitative estimate of drug-likeness (QED) is 0.314. The molecular formula is C22H19N3O4S. The van der Waals surface area contributed by atoms with E-state index in [4.69, 9.17) is 0 Å². The number of nitrogens with zero attached hydrogens (tertiary/aromatic N) is 3. The number of amides is 2. The maximum atomic E-state index is 12.9. The molecule has 152 valence electrons. The summed E-state index contributed by atoms with van der Waals surface area (Å²) >= 11 is 0.856. The Kier molecular flexibility index (Phi) is 5.17. The van der Waals surface area contributed by atoms with Gasteiger partial charge in [0.1, 0.15) is 0 Å². The molecule has 2 aromatic carbocycles. The Morgan fingerprint density at radius 1 is 1.10 bits per heavy atom. The van der Waals surface area contributed by atoms with Crippen LogP contribution < -0.4 is 0 Å². The Hall–Kier alpha value is -3.39. The van der Waals surface area contributed by atoms with E-state index in [1.165, 1.54) is 6.07 Å². The van der Waals surface area contributed by atoms with E-state index in [9.17, 15) is 19.7 Å². The van der Waals surface area contributed by atoms with Gasteiger partial charge in [-0.3, -0.25) is 24.6 Å². The van der Waals surface area contributed by atoms with Crippen LogP contribution in [0.25, 0.3) is 17.0 Å². The van der Waals surface area contributed by atoms with Gasteiger partial charge in [-0.1, -0.05) is 36.4 Å². The van der Waals surface area contributed by atoms with Crippen LogP contribution in [0.2, 0.25) is 0 Å². The number of hydrogen-bond acceptors (Lipinski definition) is 5. The second-order valence-electron chi connectivity index (χ2n) is 7.26. The lowest BCUT2D eigenvalue weighted by molar-refractivity contribution is -0.385. The largest absolute Gasteiger partial charge is 0.344 e. The Labute approximate surface area is 177 Å². The van der Waals surface area contributed by atoms with E-state index in [1.807, 2.05) is 30.5 Å². The van der Waals surface area contributed by atoms with Crippen molar-refractivity contribution in [3.63, 3.8) is 0 Å². The molecule has 7 nitrogen and oxygen atoms in total. The summed E-state index contributed by atoms with van der Waals surface area (Å²) in [5, 5.41) is 11.8. The zero-order valence-electron chi connectivity index (χ0n) is 16.4. The molecule has 1 aromatic heterocycles. The predicted molar refractivity (Wildman–Crippen MR) is 117 cm³/mol. The highest BCUT2D eigenvalue weighted by Gasteiger charge is 2.36. The van der Waals surface area contributed by atoms with Gasteiger partial charge in [0.05, 0.1) is 16.4 Å². The van der Waals surface area contributed by atoms with Gasteiger partial charge < -0.3 is 4.57 Å². The summed E-state index contributed by atoms with van der Waals surface area (Å²) in [6.07, 6.45) is 3.71. The Morgan fingerprint density at radius 3 is 2.53 bits per heavy atom. The van der Waals surface area contributed by atoms with Crippen molar-refractivity contribution in [1.29, 1.82) is 0 Å². The zero-order valence-corrected chi connectivity index (χ0v) is 17.3. The van der Waals surface area contributed by atoms with Gasteiger partial charge in [0.2, 0.25) is 0 Å². The van der Waals surface area contributed by atoms with Gasteiger partial charge >= 0.3 is 0 Å². The Bertz CT molecular complexity index is 1210. The lowest BCUT2D eigenvalue weighted by atomic mass is 10.1. The van der Waals surface area contributed by atoms with Crippen molar-refractivity contribution in [3.8, 4) is 0 Å². The molecule has 0 unspecified atom stereocenters. The third-order valence-corrected chi connectivity index (χ3v) is 5.91. The molecule has 0 atom stereocenters. The molecule has 0 saturated carbocycles. The van der Waals surface area contributed by atoms with E-state index in [1.54, 1.807) is 24.3 Å². The van der Waals surface area contributed by atoms with Crippen LogP contribution in [0.5, 0.6) is 0 Å². The summed E-state index contributed by atoms with van der Waals surface area (Å²) < 4.78 is 2.12. The molecule has 2 heterocycles. The van der Waals surface area contributed by atoms with E-state index in [0.717, 1.165) is 33.1 Å². The molecule has 1 fully saturated rings. The topological polar surface area (TPSA) is 85.4 Å². The van der Waals surface area contributed by atoms with Crippen LogP contribution in [0.4, 0.5) is 10.5 Å². The van der Waals surface area contributed by atoms with Crippen LogP contribution >= 0.6 is 11.8 Å². The monoisotopic (exact) mass is 421 g/mol. The minimum atomic E-state index is -0.509. The second kappa shape index (κ2) is 7.79. The number of thioether (sulfide) groups is 1. The number of benzene rings is 2. The van der Waals surface area contributed by atoms with E-state index in [2.05, 4.69) is 18.4 Å². The van der Waals surface area contributed by atoms with Gasteiger partial charge in [-0.2, -0.15) is 0 Å². The lowest BCUT2D eigenvalue weighted by Crippen LogP contribution is -2.27. The highest BCUT2D eigenvalue weighted by atomic mass is 32.2. The highest BCUT2D eigenvalue weighted by Crippen LogP contribution is 2.36. The average molecular weight is 421 g/mol. The number of para-hydroxylation sites is 2. The minimum Gasteiger partial charge on any atom is -0.344 e. The van der Waals surface area contributed by atoms with Crippen molar-refractivity contribution in [1.82, 2.24) is 9.47 Å². The van der Waals surface area contributed by atoms with Crippen LogP contribution in [-0.4, -0.2) is 25.5 Å². The first-order valence-electron chi connectivity index (χ1n) is 9.44. The minimum absolute atomic E-state index is 0.111. The number of imide groups is 1. The Balaban J connectivity index is 1.68. The first-order chi connectivity index (χ1) is 14.4. The summed E-state index contributed by atoms with van der Waals surface area (Å²) in [6, 6.07) is 14.3. The van der Waals surface area contributed by atoms with Gasteiger partial charge in [-0.15, -0.1) is 0 Å². The first-order valence-corrected chi connectivity index (χ1v) is 10.3. The molecule has 0 N–H and O–H groups in total. The molecule has 0 radical (unpaired) electrons. The normalized spacial score (nSPS) is 15.7. The summed E-state index contributed by atoms with van der Waals surface area (Å²) in [5.74, 6) is -0.440. The summed E-state index contributed by atoms with van der Waals surface area (Å²) in [6.45, 7) is 4.03. The molecule has 0 bridgehead atoms. The molecule has 2 amide bonds. The van der Waals surface area contributed by atoms with Gasteiger partial charge in [0.25, 0.3) is 16.8 Å². The molecule has 3 aromatic rings. The lowest BCUT2D eigenvalue weighted by Gasteiger charge is -2.12. The smallest absolute Gasteiger partial charge is 0.293 e. The van der Waals surface area contributed by atoms with Gasteiger partial charge in [0, 0.05) is 40.3 Å². The van der Waals surface area contributed by atoms with Crippen molar-refractivity contribution >= 4 is 45.6 Å². The standard InChI is InChI=1S/C22H19N3O4S/c1-14(2)23-13-16(17-8-4-6-10-19(17)23)11-20-21(26)24(22(27)30-20)12-15-7-3-5-9-18(15)25(28)29/h3-11,13-14H,12H2,1-2H3/b20-11-. The number of aromatic nitrogens is 1. The molecule has 0 aliphatic carbocycles. The van der Waals surface area contributed by atoms with E-state index < -0.39 is 16.1 Å². The fourth-order valence-corrected chi connectivity index (χ4v) is 4.37. The first kappa shape index (κ1) is 19.9. The molecule has 30 heavy (non-hydrogen) atoms. The number of fused-ring (bicyclic) bond motifs is 1.